The molecule has 0 fully saturated rings. The van der Waals surface area contributed by atoms with Crippen molar-refractivity contribution in [2.24, 2.45) is 5.92 Å². The first-order valence-corrected chi connectivity index (χ1v) is 8.43. The molecule has 6 heteroatoms. The van der Waals surface area contributed by atoms with Gasteiger partial charge in [0.1, 0.15) is 11.5 Å². The van der Waals surface area contributed by atoms with E-state index in [4.69, 9.17) is 9.47 Å². The quantitative estimate of drug-likeness (QED) is 0.748. The van der Waals surface area contributed by atoms with E-state index in [1.54, 1.807) is 55.6 Å². The molecule has 0 aliphatic heterocycles. The zero-order valence-electron chi connectivity index (χ0n) is 15.2. The van der Waals surface area contributed by atoms with Gasteiger partial charge in [-0.1, -0.05) is 38.1 Å². The summed E-state index contributed by atoms with van der Waals surface area (Å²) in [4.78, 5) is 24.3. The van der Waals surface area contributed by atoms with Crippen molar-refractivity contribution in [1.82, 2.24) is 10.9 Å². The van der Waals surface area contributed by atoms with Crippen LogP contribution in [0.15, 0.2) is 48.5 Å². The topological polar surface area (TPSA) is 76.7 Å². The summed E-state index contributed by atoms with van der Waals surface area (Å²) < 4.78 is 10.7. The third-order valence-electron chi connectivity index (χ3n) is 3.54. The first-order valence-electron chi connectivity index (χ1n) is 8.43. The predicted molar refractivity (Wildman–Crippen MR) is 99.1 cm³/mol. The van der Waals surface area contributed by atoms with Crippen molar-refractivity contribution in [3.63, 3.8) is 0 Å². The number of hydrogen-bond donors (Lipinski definition) is 2. The number of nitrogens with one attached hydrogen (secondary N) is 2. The van der Waals surface area contributed by atoms with Gasteiger partial charge in [0, 0.05) is 0 Å². The molecule has 0 atom stereocenters. The van der Waals surface area contributed by atoms with E-state index < -0.39 is 5.91 Å². The minimum Gasteiger partial charge on any atom is -0.497 e. The summed E-state index contributed by atoms with van der Waals surface area (Å²) in [6.07, 6.45) is 0.149. The van der Waals surface area contributed by atoms with Crippen LogP contribution < -0.4 is 20.3 Å². The second-order valence-electron chi connectivity index (χ2n) is 6.23. The molecule has 138 valence electrons. The Kier molecular flexibility index (Phi) is 7.02. The lowest BCUT2D eigenvalue weighted by molar-refractivity contribution is -0.121. The molecular weight excluding hydrogens is 332 g/mol. The van der Waals surface area contributed by atoms with Crippen LogP contribution in [0.5, 0.6) is 11.5 Å². The van der Waals surface area contributed by atoms with Crippen LogP contribution in [-0.2, 0) is 11.2 Å². The van der Waals surface area contributed by atoms with Crippen LogP contribution in [0.1, 0.15) is 29.8 Å². The molecule has 2 N–H and O–H groups in total. The van der Waals surface area contributed by atoms with E-state index in [0.717, 1.165) is 11.3 Å². The van der Waals surface area contributed by atoms with E-state index in [1.807, 2.05) is 13.8 Å². The van der Waals surface area contributed by atoms with Crippen LogP contribution in [-0.4, -0.2) is 25.5 Å². The van der Waals surface area contributed by atoms with Crippen LogP contribution >= 0.6 is 0 Å². The second kappa shape index (κ2) is 9.46. The van der Waals surface area contributed by atoms with Crippen LogP contribution in [0.3, 0.4) is 0 Å². The van der Waals surface area contributed by atoms with E-state index in [1.165, 1.54) is 0 Å². The second-order valence-corrected chi connectivity index (χ2v) is 6.23. The fourth-order valence-electron chi connectivity index (χ4n) is 2.20. The zero-order valence-corrected chi connectivity index (χ0v) is 15.2. The van der Waals surface area contributed by atoms with E-state index in [9.17, 15) is 9.59 Å². The molecule has 0 saturated heterocycles. The lowest BCUT2D eigenvalue weighted by Gasteiger charge is -2.13. The summed E-state index contributed by atoms with van der Waals surface area (Å²) in [7, 11) is 1.58. The van der Waals surface area contributed by atoms with Gasteiger partial charge in [-0.2, -0.15) is 0 Å². The Morgan fingerprint density at radius 1 is 1.00 bits per heavy atom. The van der Waals surface area contributed by atoms with Crippen LogP contribution in [0.25, 0.3) is 0 Å². The first-order chi connectivity index (χ1) is 12.5. The van der Waals surface area contributed by atoms with Gasteiger partial charge in [0.05, 0.1) is 25.7 Å². The molecule has 2 aromatic carbocycles. The Bertz CT molecular complexity index is 742. The largest absolute Gasteiger partial charge is 0.497 e. The Morgan fingerprint density at radius 2 is 1.69 bits per heavy atom. The maximum atomic E-state index is 12.3. The van der Waals surface area contributed by atoms with E-state index in [-0.39, 0.29) is 12.3 Å². The summed E-state index contributed by atoms with van der Waals surface area (Å²) in [5.41, 5.74) is 6.04. The third kappa shape index (κ3) is 5.81. The van der Waals surface area contributed by atoms with Gasteiger partial charge in [-0.3, -0.25) is 20.4 Å². The van der Waals surface area contributed by atoms with E-state index in [2.05, 4.69) is 10.9 Å². The van der Waals surface area contributed by atoms with Gasteiger partial charge in [-0.05, 0) is 35.7 Å². The third-order valence-corrected chi connectivity index (χ3v) is 3.54. The number of para-hydroxylation sites is 1. The molecule has 2 rings (SSSR count). The number of amides is 2. The average Bonchev–Trinajstić information content (AvgIpc) is 2.65. The number of carbonyl (C=O) groups excluding carboxylic acids is 2. The number of rotatable bonds is 7. The van der Waals surface area contributed by atoms with Gasteiger partial charge in [0.15, 0.2) is 0 Å². The lowest BCUT2D eigenvalue weighted by Crippen LogP contribution is -2.42. The molecule has 0 aromatic heterocycles. The van der Waals surface area contributed by atoms with Crippen molar-refractivity contribution in [3.8, 4) is 11.5 Å². The summed E-state index contributed by atoms with van der Waals surface area (Å²) in [6.45, 7) is 4.57. The average molecular weight is 356 g/mol. The molecule has 0 aliphatic rings. The summed E-state index contributed by atoms with van der Waals surface area (Å²) >= 11 is 0. The predicted octanol–water partition coefficient (Wildman–Crippen LogP) is 2.73. The minimum absolute atomic E-state index is 0.149. The summed E-state index contributed by atoms with van der Waals surface area (Å²) in [6, 6.07) is 14.1. The van der Waals surface area contributed by atoms with Crippen LogP contribution in [0.4, 0.5) is 0 Å². The van der Waals surface area contributed by atoms with Crippen LogP contribution in [0, 0.1) is 5.92 Å². The molecular formula is C20H24N2O4. The maximum absolute atomic E-state index is 12.3. The van der Waals surface area contributed by atoms with Gasteiger partial charge >= 0.3 is 0 Å². The highest BCUT2D eigenvalue weighted by Crippen LogP contribution is 2.18. The smallest absolute Gasteiger partial charge is 0.273 e. The number of ether oxygens (including phenoxy) is 2. The molecule has 0 radical (unpaired) electrons. The van der Waals surface area contributed by atoms with Crippen molar-refractivity contribution in [2.75, 3.05) is 13.7 Å². The molecule has 2 amide bonds. The highest BCUT2D eigenvalue weighted by atomic mass is 16.5. The molecule has 0 heterocycles. The number of carbonyl (C=O) groups is 2. The fraction of sp³-hybridized carbons (Fsp3) is 0.300. The Hall–Kier alpha value is -3.02. The molecule has 0 aliphatic carbocycles. The maximum Gasteiger partial charge on any atom is 0.273 e. The van der Waals surface area contributed by atoms with Gasteiger partial charge in [-0.15, -0.1) is 0 Å². The van der Waals surface area contributed by atoms with Gasteiger partial charge in [0.25, 0.3) is 5.91 Å². The highest BCUT2D eigenvalue weighted by molar-refractivity contribution is 5.97. The summed E-state index contributed by atoms with van der Waals surface area (Å²) in [5.74, 6) is 0.815. The number of methoxy groups -OCH3 is 1. The number of benzene rings is 2. The molecule has 26 heavy (non-hydrogen) atoms. The van der Waals surface area contributed by atoms with Crippen molar-refractivity contribution < 1.29 is 19.1 Å². The Balaban J connectivity index is 1.90. The van der Waals surface area contributed by atoms with Crippen molar-refractivity contribution >= 4 is 11.8 Å². The zero-order chi connectivity index (χ0) is 18.9. The van der Waals surface area contributed by atoms with E-state index in [0.29, 0.717) is 23.8 Å². The molecule has 6 nitrogen and oxygen atoms in total. The normalized spacial score (nSPS) is 10.3. The molecule has 2 aromatic rings. The number of hydrogen-bond acceptors (Lipinski definition) is 4. The molecule has 0 unspecified atom stereocenters. The van der Waals surface area contributed by atoms with Gasteiger partial charge in [-0.25, -0.2) is 0 Å². The van der Waals surface area contributed by atoms with Crippen molar-refractivity contribution in [3.05, 3.63) is 59.7 Å². The fourth-order valence-corrected chi connectivity index (χ4v) is 2.20. The summed E-state index contributed by atoms with van der Waals surface area (Å²) in [5, 5.41) is 0. The van der Waals surface area contributed by atoms with Gasteiger partial charge < -0.3 is 9.47 Å². The van der Waals surface area contributed by atoms with Crippen molar-refractivity contribution in [1.29, 1.82) is 0 Å². The first kappa shape index (κ1) is 19.3. The molecule has 0 bridgehead atoms. The van der Waals surface area contributed by atoms with Crippen LogP contribution in [0.2, 0.25) is 0 Å². The van der Waals surface area contributed by atoms with E-state index >= 15 is 0 Å². The highest BCUT2D eigenvalue weighted by Gasteiger charge is 2.13. The van der Waals surface area contributed by atoms with Crippen molar-refractivity contribution in [2.45, 2.75) is 20.3 Å². The minimum atomic E-state index is -0.424. The lowest BCUT2D eigenvalue weighted by atomic mass is 10.1. The number of hydrazine groups is 1. The van der Waals surface area contributed by atoms with Gasteiger partial charge in [0.2, 0.25) is 5.91 Å². The SMILES string of the molecule is COc1ccc(CC(=O)NNC(=O)c2ccccc2OCC(C)C)cc1. The Labute approximate surface area is 153 Å². The standard InChI is InChI=1S/C20H24N2O4/c1-14(2)13-26-18-7-5-4-6-17(18)20(24)22-21-19(23)12-15-8-10-16(25-3)11-9-15/h4-11,14H,12-13H2,1-3H3,(H,21,23)(H,22,24). The monoisotopic (exact) mass is 356 g/mol. The molecule has 0 spiro atoms. The Morgan fingerprint density at radius 3 is 2.35 bits per heavy atom. The molecule has 0 saturated carbocycles.